The molecular weight excluding hydrogens is 286 g/mol. The number of benzene rings is 1. The zero-order chi connectivity index (χ0) is 13.8. The van der Waals surface area contributed by atoms with Crippen molar-refractivity contribution in [2.24, 2.45) is 0 Å². The minimum atomic E-state index is -0.503. The second-order valence-corrected chi connectivity index (χ2v) is 5.58. The Morgan fingerprint density at radius 3 is 2.89 bits per heavy atom. The highest BCUT2D eigenvalue weighted by atomic mass is 32.2. The number of carbonyl (C=O) groups is 1. The SMILES string of the molecule is CCc1nsc(Sc2ccc(C=O)cc2[N+](=O)[O-])n1. The Balaban J connectivity index is 2.33. The highest BCUT2D eigenvalue weighted by Crippen LogP contribution is 2.35. The Morgan fingerprint density at radius 1 is 1.53 bits per heavy atom. The minimum Gasteiger partial charge on any atom is -0.298 e. The number of hydrogen-bond acceptors (Lipinski definition) is 7. The van der Waals surface area contributed by atoms with Gasteiger partial charge in [0.1, 0.15) is 12.1 Å². The topological polar surface area (TPSA) is 86.0 Å². The molecule has 1 heterocycles. The average Bonchev–Trinajstić information content (AvgIpc) is 2.86. The number of rotatable bonds is 5. The molecule has 8 heteroatoms. The largest absolute Gasteiger partial charge is 0.298 e. The third-order valence-corrected chi connectivity index (χ3v) is 4.13. The highest BCUT2D eigenvalue weighted by molar-refractivity contribution is 8.01. The van der Waals surface area contributed by atoms with E-state index >= 15 is 0 Å². The van der Waals surface area contributed by atoms with Crippen molar-refractivity contribution in [3.05, 3.63) is 39.7 Å². The van der Waals surface area contributed by atoms with Gasteiger partial charge in [0, 0.05) is 18.1 Å². The summed E-state index contributed by atoms with van der Waals surface area (Å²) in [5, 5.41) is 11.0. The number of aryl methyl sites for hydroxylation is 1. The summed E-state index contributed by atoms with van der Waals surface area (Å²) in [5.41, 5.74) is 0.186. The molecule has 2 aromatic rings. The molecule has 0 aliphatic rings. The maximum atomic E-state index is 11.0. The summed E-state index contributed by atoms with van der Waals surface area (Å²) in [6.07, 6.45) is 1.31. The Hall–Kier alpha value is -1.80. The van der Waals surface area contributed by atoms with Crippen LogP contribution in [0.1, 0.15) is 23.1 Å². The number of hydrogen-bond donors (Lipinski definition) is 0. The summed E-state index contributed by atoms with van der Waals surface area (Å²) in [7, 11) is 0. The maximum Gasteiger partial charge on any atom is 0.284 e. The van der Waals surface area contributed by atoms with Crippen molar-refractivity contribution < 1.29 is 9.72 Å². The van der Waals surface area contributed by atoms with E-state index in [0.717, 1.165) is 12.2 Å². The molecular formula is C11H9N3O3S2. The van der Waals surface area contributed by atoms with Crippen molar-refractivity contribution in [1.29, 1.82) is 0 Å². The third kappa shape index (κ3) is 3.15. The van der Waals surface area contributed by atoms with Crippen LogP contribution in [0.25, 0.3) is 0 Å². The number of nitro groups is 1. The lowest BCUT2D eigenvalue weighted by atomic mass is 10.2. The minimum absolute atomic E-state index is 0.0946. The van der Waals surface area contributed by atoms with Crippen LogP contribution in [0, 0.1) is 10.1 Å². The van der Waals surface area contributed by atoms with Crippen LogP contribution < -0.4 is 0 Å². The number of nitrogens with zero attached hydrogens (tertiary/aromatic N) is 3. The van der Waals surface area contributed by atoms with Gasteiger partial charge in [0.15, 0.2) is 4.34 Å². The average molecular weight is 295 g/mol. The number of carbonyl (C=O) groups excluding carboxylic acids is 1. The smallest absolute Gasteiger partial charge is 0.284 e. The van der Waals surface area contributed by atoms with Gasteiger partial charge < -0.3 is 0 Å². The van der Waals surface area contributed by atoms with Gasteiger partial charge in [0.25, 0.3) is 5.69 Å². The molecule has 0 radical (unpaired) electrons. The van der Waals surface area contributed by atoms with E-state index in [9.17, 15) is 14.9 Å². The van der Waals surface area contributed by atoms with Gasteiger partial charge in [-0.3, -0.25) is 14.9 Å². The molecule has 0 unspecified atom stereocenters. The van der Waals surface area contributed by atoms with Crippen LogP contribution in [-0.2, 0) is 6.42 Å². The van der Waals surface area contributed by atoms with Crippen molar-refractivity contribution >= 4 is 35.3 Å². The zero-order valence-corrected chi connectivity index (χ0v) is 11.5. The summed E-state index contributed by atoms with van der Waals surface area (Å²) in [6, 6.07) is 4.36. The molecule has 0 fully saturated rings. The van der Waals surface area contributed by atoms with Crippen LogP contribution in [0.15, 0.2) is 27.4 Å². The van der Waals surface area contributed by atoms with Gasteiger partial charge in [-0.25, -0.2) is 4.98 Å². The second-order valence-electron chi connectivity index (χ2n) is 3.53. The lowest BCUT2D eigenvalue weighted by Crippen LogP contribution is -1.93. The van der Waals surface area contributed by atoms with E-state index in [2.05, 4.69) is 9.36 Å². The van der Waals surface area contributed by atoms with Crippen molar-refractivity contribution in [3.8, 4) is 0 Å². The molecule has 19 heavy (non-hydrogen) atoms. The predicted octanol–water partition coefficient (Wildman–Crippen LogP) is 2.97. The van der Waals surface area contributed by atoms with E-state index in [1.807, 2.05) is 6.92 Å². The van der Waals surface area contributed by atoms with Gasteiger partial charge in [-0.1, -0.05) is 24.8 Å². The standard InChI is InChI=1S/C11H9N3O3S2/c1-2-10-12-11(19-13-10)18-9-4-3-7(6-15)5-8(9)14(16)17/h3-6H,2H2,1H3. The highest BCUT2D eigenvalue weighted by Gasteiger charge is 2.17. The van der Waals surface area contributed by atoms with Gasteiger partial charge in [-0.2, -0.15) is 4.37 Å². The molecule has 2 rings (SSSR count). The fourth-order valence-electron chi connectivity index (χ4n) is 1.35. The van der Waals surface area contributed by atoms with Crippen molar-refractivity contribution in [3.63, 3.8) is 0 Å². The quantitative estimate of drug-likeness (QED) is 0.479. The molecule has 98 valence electrons. The van der Waals surface area contributed by atoms with Crippen LogP contribution in [0.3, 0.4) is 0 Å². The summed E-state index contributed by atoms with van der Waals surface area (Å²) in [6.45, 7) is 1.94. The van der Waals surface area contributed by atoms with Crippen LogP contribution >= 0.6 is 23.3 Å². The second kappa shape index (κ2) is 5.89. The molecule has 0 aliphatic heterocycles. The van der Waals surface area contributed by atoms with Crippen LogP contribution in [0.4, 0.5) is 5.69 Å². The first-order valence-electron chi connectivity index (χ1n) is 5.38. The zero-order valence-electron chi connectivity index (χ0n) is 9.90. The van der Waals surface area contributed by atoms with E-state index in [1.54, 1.807) is 12.1 Å². The Morgan fingerprint density at radius 2 is 2.32 bits per heavy atom. The monoisotopic (exact) mass is 295 g/mol. The number of aldehydes is 1. The first-order valence-corrected chi connectivity index (χ1v) is 6.97. The summed E-state index contributed by atoms with van der Waals surface area (Å²) >= 11 is 2.39. The summed E-state index contributed by atoms with van der Waals surface area (Å²) in [4.78, 5) is 25.8. The summed E-state index contributed by atoms with van der Waals surface area (Å²) < 4.78 is 4.77. The fraction of sp³-hybridized carbons (Fsp3) is 0.182. The Bertz CT molecular complexity index is 627. The number of aromatic nitrogens is 2. The van der Waals surface area contributed by atoms with Crippen molar-refractivity contribution in [2.45, 2.75) is 22.6 Å². The maximum absolute atomic E-state index is 11.0. The van der Waals surface area contributed by atoms with Gasteiger partial charge in [-0.15, -0.1) is 0 Å². The first kappa shape index (κ1) is 13.6. The normalized spacial score (nSPS) is 10.4. The molecule has 0 saturated carbocycles. The molecule has 0 saturated heterocycles. The van der Waals surface area contributed by atoms with E-state index in [1.165, 1.54) is 29.4 Å². The van der Waals surface area contributed by atoms with Gasteiger partial charge in [0.2, 0.25) is 0 Å². The molecule has 0 aliphatic carbocycles. The molecule has 0 spiro atoms. The number of nitro benzene ring substituents is 1. The summed E-state index contributed by atoms with van der Waals surface area (Å²) in [5.74, 6) is 0.722. The molecule has 1 aromatic heterocycles. The predicted molar refractivity (Wildman–Crippen MR) is 71.9 cm³/mol. The lowest BCUT2D eigenvalue weighted by Gasteiger charge is -2.00. The van der Waals surface area contributed by atoms with Crippen LogP contribution in [-0.4, -0.2) is 20.6 Å². The van der Waals surface area contributed by atoms with Gasteiger partial charge in [-0.05, 0) is 17.6 Å². The molecule has 0 bridgehead atoms. The van der Waals surface area contributed by atoms with Crippen LogP contribution in [0.2, 0.25) is 0 Å². The molecule has 0 N–H and O–H groups in total. The Labute approximate surface area is 117 Å². The fourth-order valence-corrected chi connectivity index (χ4v) is 3.10. The molecule has 0 amide bonds. The molecule has 1 aromatic carbocycles. The lowest BCUT2D eigenvalue weighted by molar-refractivity contribution is -0.387. The van der Waals surface area contributed by atoms with Crippen LogP contribution in [0.5, 0.6) is 0 Å². The molecule has 6 nitrogen and oxygen atoms in total. The van der Waals surface area contributed by atoms with Gasteiger partial charge in [0.05, 0.1) is 9.82 Å². The van der Waals surface area contributed by atoms with Crippen molar-refractivity contribution in [1.82, 2.24) is 9.36 Å². The van der Waals surface area contributed by atoms with E-state index in [0.29, 0.717) is 15.5 Å². The van der Waals surface area contributed by atoms with Crippen molar-refractivity contribution in [2.75, 3.05) is 0 Å². The van der Waals surface area contributed by atoms with Gasteiger partial charge >= 0.3 is 0 Å². The third-order valence-electron chi connectivity index (χ3n) is 2.28. The molecule has 0 atom stereocenters. The van der Waals surface area contributed by atoms with E-state index in [4.69, 9.17) is 0 Å². The Kier molecular flexibility index (Phi) is 4.23. The van der Waals surface area contributed by atoms with E-state index < -0.39 is 4.92 Å². The van der Waals surface area contributed by atoms with E-state index in [-0.39, 0.29) is 11.3 Å². The first-order chi connectivity index (χ1) is 9.13.